The molecule has 1 aromatic carbocycles. The molecule has 2 aromatic rings. The quantitative estimate of drug-likeness (QED) is 0.160. The average Bonchev–Trinajstić information content (AvgIpc) is 2.91. The van der Waals surface area contributed by atoms with Gasteiger partial charge in [0, 0.05) is 26.2 Å². The molecule has 0 bridgehead atoms. The highest BCUT2D eigenvalue weighted by atomic mass is 35.5. The number of amidine groups is 1. The third-order valence-electron chi connectivity index (χ3n) is 7.48. The molecule has 3 rings (SSSR count). The van der Waals surface area contributed by atoms with E-state index in [1.54, 1.807) is 34.6 Å². The van der Waals surface area contributed by atoms with E-state index in [0.29, 0.717) is 6.61 Å². The van der Waals surface area contributed by atoms with Crippen molar-refractivity contribution in [1.29, 1.82) is 0 Å². The zero-order valence-electron chi connectivity index (χ0n) is 27.1. The molecule has 9 nitrogen and oxygen atoms in total. The molecule has 0 aliphatic carbocycles. The molecule has 1 aliphatic rings. The van der Waals surface area contributed by atoms with Gasteiger partial charge in [-0.25, -0.2) is 28.4 Å². The van der Waals surface area contributed by atoms with Crippen LogP contribution in [0.5, 0.6) is 0 Å². The number of aliphatic carboxylic acids is 1. The van der Waals surface area contributed by atoms with Crippen LogP contribution in [0.2, 0.25) is 30.8 Å². The van der Waals surface area contributed by atoms with Crippen LogP contribution in [0.3, 0.4) is 0 Å². The van der Waals surface area contributed by atoms with Crippen molar-refractivity contribution in [2.24, 2.45) is 10.9 Å². The smallest absolute Gasteiger partial charge is 0.418 e. The molecule has 0 fully saturated rings. The minimum Gasteiger partial charge on any atom is -0.480 e. The summed E-state index contributed by atoms with van der Waals surface area (Å²) >= 11 is 6.64. The van der Waals surface area contributed by atoms with Crippen molar-refractivity contribution in [2.45, 2.75) is 83.1 Å². The van der Waals surface area contributed by atoms with Crippen LogP contribution in [-0.2, 0) is 19.8 Å². The SMILES string of the molecule is CC1C(C)(C(=O)O)SC(N(COCC[Si](C)(C)C)C(=O)OC(C)(C)C)=N[C@]1(C)c1cc(/C=C(\F)c2cnc(Cl)cn2)ccc1F. The van der Waals surface area contributed by atoms with Crippen LogP contribution in [0.15, 0.2) is 35.6 Å². The van der Waals surface area contributed by atoms with Gasteiger partial charge < -0.3 is 14.6 Å². The van der Waals surface area contributed by atoms with Gasteiger partial charge in [-0.15, -0.1) is 0 Å². The van der Waals surface area contributed by atoms with E-state index in [4.69, 9.17) is 26.1 Å². The van der Waals surface area contributed by atoms with Gasteiger partial charge in [0.15, 0.2) is 11.0 Å². The van der Waals surface area contributed by atoms with Crippen LogP contribution in [-0.4, -0.2) is 69.0 Å². The lowest BCUT2D eigenvalue weighted by molar-refractivity contribution is -0.141. The number of carbonyl (C=O) groups excluding carboxylic acids is 1. The fourth-order valence-electron chi connectivity index (χ4n) is 4.48. The molecule has 0 saturated heterocycles. The molecule has 2 unspecified atom stereocenters. The third-order valence-corrected chi connectivity index (χ3v) is 10.8. The normalized spacial score (nSPS) is 22.5. The molecule has 246 valence electrons. The van der Waals surface area contributed by atoms with Gasteiger partial charge in [-0.05, 0) is 64.4 Å². The van der Waals surface area contributed by atoms with Crippen molar-refractivity contribution < 1.29 is 33.0 Å². The van der Waals surface area contributed by atoms with Crippen LogP contribution in [0, 0.1) is 11.7 Å². The lowest BCUT2D eigenvalue weighted by atomic mass is 9.73. The first-order chi connectivity index (χ1) is 20.7. The van der Waals surface area contributed by atoms with Crippen LogP contribution >= 0.6 is 23.4 Å². The molecule has 1 aromatic heterocycles. The Bertz CT molecular complexity index is 1480. The van der Waals surface area contributed by atoms with Crippen LogP contribution in [0.25, 0.3) is 11.9 Å². The maximum atomic E-state index is 15.7. The van der Waals surface area contributed by atoms with E-state index >= 15 is 8.78 Å². The fourth-order valence-corrected chi connectivity index (χ4v) is 6.68. The maximum absolute atomic E-state index is 15.7. The lowest BCUT2D eigenvalue weighted by Crippen LogP contribution is -2.55. The summed E-state index contributed by atoms with van der Waals surface area (Å²) in [5, 5.41) is 10.6. The van der Waals surface area contributed by atoms with Crippen molar-refractivity contribution in [1.82, 2.24) is 14.9 Å². The maximum Gasteiger partial charge on any atom is 0.418 e. The number of rotatable bonds is 9. The predicted molar refractivity (Wildman–Crippen MR) is 177 cm³/mol. The van der Waals surface area contributed by atoms with Crippen molar-refractivity contribution in [3.05, 3.63) is 58.4 Å². The van der Waals surface area contributed by atoms with E-state index in [9.17, 15) is 14.7 Å². The number of ether oxygens (including phenoxy) is 2. The Balaban J connectivity index is 2.15. The number of aromatic nitrogens is 2. The number of carboxylic acids is 1. The number of amides is 1. The molecule has 45 heavy (non-hydrogen) atoms. The third kappa shape index (κ3) is 9.11. The number of benzene rings is 1. The minimum atomic E-state index is -1.56. The summed E-state index contributed by atoms with van der Waals surface area (Å²) in [4.78, 5) is 40.1. The number of thioether (sulfide) groups is 1. The van der Waals surface area contributed by atoms with Gasteiger partial charge in [-0.1, -0.05) is 56.0 Å². The van der Waals surface area contributed by atoms with Gasteiger partial charge in [0.05, 0.1) is 17.9 Å². The van der Waals surface area contributed by atoms with Crippen molar-refractivity contribution in [3.8, 4) is 0 Å². The van der Waals surface area contributed by atoms with Gasteiger partial charge in [0.25, 0.3) is 0 Å². The van der Waals surface area contributed by atoms with Crippen molar-refractivity contribution in [3.63, 3.8) is 0 Å². The number of hydrogen-bond donors (Lipinski definition) is 1. The monoisotopic (exact) mass is 682 g/mol. The van der Waals surface area contributed by atoms with Gasteiger partial charge in [-0.2, -0.15) is 0 Å². The van der Waals surface area contributed by atoms with E-state index in [2.05, 4.69) is 29.6 Å². The highest BCUT2D eigenvalue weighted by Crippen LogP contribution is 2.52. The van der Waals surface area contributed by atoms with E-state index in [1.165, 1.54) is 37.5 Å². The molecule has 1 amide bonds. The van der Waals surface area contributed by atoms with E-state index in [1.807, 2.05) is 0 Å². The summed E-state index contributed by atoms with van der Waals surface area (Å²) in [6, 6.07) is 4.80. The zero-order valence-corrected chi connectivity index (χ0v) is 29.6. The number of carboxylic acid groups (broad SMARTS) is 1. The molecular weight excluding hydrogens is 642 g/mol. The zero-order chi connectivity index (χ0) is 34.0. The molecule has 14 heteroatoms. The number of carbonyl (C=O) groups is 2. The van der Waals surface area contributed by atoms with Gasteiger partial charge in [0.1, 0.15) is 33.7 Å². The summed E-state index contributed by atoms with van der Waals surface area (Å²) in [7, 11) is -1.46. The molecular formula is C31H41ClF2N4O5SSi. The van der Waals surface area contributed by atoms with Gasteiger partial charge in [0.2, 0.25) is 0 Å². The molecule has 1 N–H and O–H groups in total. The highest BCUT2D eigenvalue weighted by Gasteiger charge is 2.55. The minimum absolute atomic E-state index is 0.00529. The van der Waals surface area contributed by atoms with E-state index in [-0.39, 0.29) is 33.9 Å². The molecule has 0 saturated carbocycles. The molecule has 1 aliphatic heterocycles. The Morgan fingerprint density at radius 1 is 1.20 bits per heavy atom. The summed E-state index contributed by atoms with van der Waals surface area (Å²) in [5.74, 6) is -3.39. The first-order valence-electron chi connectivity index (χ1n) is 14.4. The second-order valence-corrected chi connectivity index (χ2v) is 20.9. The Morgan fingerprint density at radius 2 is 1.87 bits per heavy atom. The predicted octanol–water partition coefficient (Wildman–Crippen LogP) is 8.08. The second-order valence-electron chi connectivity index (χ2n) is 13.5. The number of nitrogens with zero attached hydrogens (tertiary/aromatic N) is 4. The molecule has 0 radical (unpaired) electrons. The topological polar surface area (TPSA) is 114 Å². The van der Waals surface area contributed by atoms with Crippen LogP contribution < -0.4 is 0 Å². The Labute approximate surface area is 273 Å². The molecule has 3 atom stereocenters. The average molecular weight is 683 g/mol. The molecule has 0 spiro atoms. The number of aliphatic imine (C=N–C) groups is 1. The number of hydrogen-bond acceptors (Lipinski definition) is 8. The summed E-state index contributed by atoms with van der Waals surface area (Å²) < 4.78 is 40.8. The largest absolute Gasteiger partial charge is 0.480 e. The van der Waals surface area contributed by atoms with Crippen molar-refractivity contribution >= 4 is 60.6 Å². The highest BCUT2D eigenvalue weighted by molar-refractivity contribution is 8.15. The Hall–Kier alpha value is -2.87. The molecule has 2 heterocycles. The van der Waals surface area contributed by atoms with Crippen LogP contribution in [0.4, 0.5) is 13.6 Å². The Morgan fingerprint density at radius 3 is 2.42 bits per heavy atom. The Kier molecular flexibility index (Phi) is 11.3. The summed E-state index contributed by atoms with van der Waals surface area (Å²) in [6.07, 6.45) is 2.76. The number of halogens is 3. The van der Waals surface area contributed by atoms with Gasteiger partial charge in [-0.3, -0.25) is 9.79 Å². The van der Waals surface area contributed by atoms with E-state index in [0.717, 1.165) is 28.8 Å². The lowest BCUT2D eigenvalue weighted by Gasteiger charge is -2.47. The van der Waals surface area contributed by atoms with Gasteiger partial charge >= 0.3 is 12.1 Å². The van der Waals surface area contributed by atoms with E-state index < -0.39 is 53.6 Å². The summed E-state index contributed by atoms with van der Waals surface area (Å²) in [5.41, 5.74) is -2.16. The second kappa shape index (κ2) is 13.9. The fraction of sp³-hybridized carbons (Fsp3) is 0.516. The standard InChI is InChI=1S/C31H41ClF2N4O5SSi/c1-19-30(5,21-14-20(10-11-22(21)33)15-23(34)24-16-36-25(32)17-35-24)37-27(44-31(19,6)26(39)40)38(28(41)43-29(2,3)4)18-42-12-13-45(7,8)9/h10-11,14-17,19H,12-13,18H2,1-9H3,(H,39,40)/b23-15-/t19?,30-,31?/m0/s1. The first kappa shape index (κ1) is 36.6. The van der Waals surface area contributed by atoms with Crippen molar-refractivity contribution in [2.75, 3.05) is 13.3 Å². The van der Waals surface area contributed by atoms with Crippen LogP contribution in [0.1, 0.15) is 58.4 Å². The first-order valence-corrected chi connectivity index (χ1v) is 19.3. The summed E-state index contributed by atoms with van der Waals surface area (Å²) in [6.45, 7) is 16.6.